The lowest BCUT2D eigenvalue weighted by Gasteiger charge is -2.14. The fraction of sp³-hybridized carbons (Fsp3) is 0.176. The van der Waals surface area contributed by atoms with Crippen molar-refractivity contribution in [3.63, 3.8) is 0 Å². The maximum Gasteiger partial charge on any atom is 0.418 e. The molecule has 0 atom stereocenters. The number of halogens is 5. The zero-order valence-corrected chi connectivity index (χ0v) is 13.9. The lowest BCUT2D eigenvalue weighted by Crippen LogP contribution is -2.37. The van der Waals surface area contributed by atoms with Gasteiger partial charge in [0.05, 0.1) is 11.3 Å². The standard InChI is InChI=1S/C17H13ClF4N2O2/c18-11-5-6-14(12(9-11)17(20,21)22)24-16(26)15(25)23-8-7-10-3-1-2-4-13(10)19/h1-6,9H,7-8H2,(H,23,25)(H,24,26). The minimum Gasteiger partial charge on any atom is -0.347 e. The van der Waals surface area contributed by atoms with Gasteiger partial charge in [0.15, 0.2) is 0 Å². The number of rotatable bonds is 4. The van der Waals surface area contributed by atoms with Gasteiger partial charge in [0.1, 0.15) is 5.82 Å². The van der Waals surface area contributed by atoms with Gasteiger partial charge in [-0.15, -0.1) is 0 Å². The maximum absolute atomic E-state index is 13.4. The molecule has 0 aliphatic rings. The van der Waals surface area contributed by atoms with Crippen LogP contribution in [0.1, 0.15) is 11.1 Å². The monoisotopic (exact) mass is 388 g/mol. The Kier molecular flexibility index (Phi) is 6.20. The van der Waals surface area contributed by atoms with Crippen LogP contribution in [-0.4, -0.2) is 18.4 Å². The molecule has 0 fully saturated rings. The van der Waals surface area contributed by atoms with E-state index in [1.807, 2.05) is 5.32 Å². The number of anilines is 1. The van der Waals surface area contributed by atoms with Gasteiger partial charge in [-0.1, -0.05) is 29.8 Å². The van der Waals surface area contributed by atoms with Gasteiger partial charge in [0.25, 0.3) is 0 Å². The fourth-order valence-corrected chi connectivity index (χ4v) is 2.30. The van der Waals surface area contributed by atoms with Crippen LogP contribution in [0.15, 0.2) is 42.5 Å². The number of hydrogen-bond donors (Lipinski definition) is 2. The van der Waals surface area contributed by atoms with Gasteiger partial charge in [-0.05, 0) is 36.2 Å². The summed E-state index contributed by atoms with van der Waals surface area (Å²) < 4.78 is 52.3. The van der Waals surface area contributed by atoms with Gasteiger partial charge in [0, 0.05) is 11.6 Å². The van der Waals surface area contributed by atoms with E-state index < -0.39 is 35.1 Å². The predicted octanol–water partition coefficient (Wildman–Crippen LogP) is 3.80. The summed E-state index contributed by atoms with van der Waals surface area (Å²) in [5.41, 5.74) is -1.42. The maximum atomic E-state index is 13.4. The summed E-state index contributed by atoms with van der Waals surface area (Å²) in [7, 11) is 0. The van der Waals surface area contributed by atoms with Crippen molar-refractivity contribution < 1.29 is 27.2 Å². The molecule has 2 aromatic rings. The Bertz CT molecular complexity index is 825. The highest BCUT2D eigenvalue weighted by Crippen LogP contribution is 2.36. The van der Waals surface area contributed by atoms with Crippen molar-refractivity contribution in [3.8, 4) is 0 Å². The third kappa shape index (κ3) is 5.19. The molecule has 2 rings (SSSR count). The number of amides is 2. The molecule has 0 spiro atoms. The highest BCUT2D eigenvalue weighted by Gasteiger charge is 2.34. The second-order valence-electron chi connectivity index (χ2n) is 5.24. The van der Waals surface area contributed by atoms with Crippen molar-refractivity contribution in [1.29, 1.82) is 0 Å². The first-order chi connectivity index (χ1) is 12.2. The van der Waals surface area contributed by atoms with Crippen LogP contribution in [0.3, 0.4) is 0 Å². The molecule has 0 unspecified atom stereocenters. The smallest absolute Gasteiger partial charge is 0.347 e. The van der Waals surface area contributed by atoms with Crippen LogP contribution in [-0.2, 0) is 22.2 Å². The summed E-state index contributed by atoms with van der Waals surface area (Å²) in [5, 5.41) is 3.96. The van der Waals surface area contributed by atoms with Crippen molar-refractivity contribution >= 4 is 29.1 Å². The quantitative estimate of drug-likeness (QED) is 0.618. The van der Waals surface area contributed by atoms with Gasteiger partial charge >= 0.3 is 18.0 Å². The van der Waals surface area contributed by atoms with E-state index in [2.05, 4.69) is 5.32 Å². The van der Waals surface area contributed by atoms with Crippen molar-refractivity contribution in [2.45, 2.75) is 12.6 Å². The van der Waals surface area contributed by atoms with Gasteiger partial charge in [-0.2, -0.15) is 13.2 Å². The molecule has 0 aliphatic heterocycles. The molecule has 0 radical (unpaired) electrons. The van der Waals surface area contributed by atoms with Crippen LogP contribution < -0.4 is 10.6 Å². The van der Waals surface area contributed by atoms with Crippen LogP contribution in [0.5, 0.6) is 0 Å². The largest absolute Gasteiger partial charge is 0.418 e. The van der Waals surface area contributed by atoms with E-state index >= 15 is 0 Å². The first-order valence-electron chi connectivity index (χ1n) is 7.38. The van der Waals surface area contributed by atoms with Crippen molar-refractivity contribution in [3.05, 3.63) is 64.4 Å². The molecule has 0 saturated heterocycles. The van der Waals surface area contributed by atoms with E-state index in [0.29, 0.717) is 11.6 Å². The molecular weight excluding hydrogens is 376 g/mol. The number of carbonyl (C=O) groups excluding carboxylic acids is 2. The molecule has 2 amide bonds. The Labute approximate surface area is 151 Å². The molecule has 0 aliphatic carbocycles. The summed E-state index contributed by atoms with van der Waals surface area (Å²) in [6, 6.07) is 8.65. The average Bonchev–Trinajstić information content (AvgIpc) is 2.57. The van der Waals surface area contributed by atoms with Crippen LogP contribution in [0.25, 0.3) is 0 Å². The second-order valence-corrected chi connectivity index (χ2v) is 5.68. The summed E-state index contributed by atoms with van der Waals surface area (Å²) in [6.07, 6.45) is -4.63. The number of nitrogens with one attached hydrogen (secondary N) is 2. The third-order valence-corrected chi connectivity index (χ3v) is 3.61. The molecule has 0 bridgehead atoms. The Morgan fingerprint density at radius 3 is 2.38 bits per heavy atom. The van der Waals surface area contributed by atoms with Gasteiger partial charge in [-0.25, -0.2) is 4.39 Å². The normalized spacial score (nSPS) is 11.1. The van der Waals surface area contributed by atoms with E-state index in [1.54, 1.807) is 6.07 Å². The van der Waals surface area contributed by atoms with E-state index in [4.69, 9.17) is 11.6 Å². The van der Waals surface area contributed by atoms with Gasteiger partial charge < -0.3 is 10.6 Å². The Balaban J connectivity index is 1.97. The molecule has 2 aromatic carbocycles. The van der Waals surface area contributed by atoms with E-state index in [-0.39, 0.29) is 18.0 Å². The van der Waals surface area contributed by atoms with Gasteiger partial charge in [-0.3, -0.25) is 9.59 Å². The molecule has 4 nitrogen and oxygen atoms in total. The second kappa shape index (κ2) is 8.18. The molecule has 0 saturated carbocycles. The zero-order valence-electron chi connectivity index (χ0n) is 13.2. The van der Waals surface area contributed by atoms with Crippen molar-refractivity contribution in [2.75, 3.05) is 11.9 Å². The molecular formula is C17H13ClF4N2O2. The number of hydrogen-bond acceptors (Lipinski definition) is 2. The van der Waals surface area contributed by atoms with Crippen molar-refractivity contribution in [1.82, 2.24) is 5.32 Å². The number of carbonyl (C=O) groups is 2. The van der Waals surface area contributed by atoms with Crippen LogP contribution in [0, 0.1) is 5.82 Å². The minimum atomic E-state index is -4.76. The minimum absolute atomic E-state index is 0.0556. The first kappa shape index (κ1) is 19.7. The average molecular weight is 389 g/mol. The lowest BCUT2D eigenvalue weighted by molar-refractivity contribution is -0.138. The zero-order chi connectivity index (χ0) is 19.3. The molecule has 0 heterocycles. The van der Waals surface area contributed by atoms with E-state index in [9.17, 15) is 27.2 Å². The van der Waals surface area contributed by atoms with Crippen LogP contribution >= 0.6 is 11.6 Å². The summed E-state index contributed by atoms with van der Waals surface area (Å²) in [6.45, 7) is -0.0556. The Morgan fingerprint density at radius 2 is 1.73 bits per heavy atom. The number of alkyl halides is 3. The lowest BCUT2D eigenvalue weighted by atomic mass is 10.1. The fourth-order valence-electron chi connectivity index (χ4n) is 2.13. The SMILES string of the molecule is O=C(NCCc1ccccc1F)C(=O)Nc1ccc(Cl)cc1C(F)(F)F. The molecule has 9 heteroatoms. The molecule has 138 valence electrons. The van der Waals surface area contributed by atoms with E-state index in [1.165, 1.54) is 18.2 Å². The molecule has 2 N–H and O–H groups in total. The van der Waals surface area contributed by atoms with E-state index in [0.717, 1.165) is 12.1 Å². The van der Waals surface area contributed by atoms with Crippen molar-refractivity contribution in [2.24, 2.45) is 0 Å². The summed E-state index contributed by atoms with van der Waals surface area (Å²) in [4.78, 5) is 23.5. The Morgan fingerprint density at radius 1 is 1.04 bits per heavy atom. The van der Waals surface area contributed by atoms with Gasteiger partial charge in [0.2, 0.25) is 0 Å². The Hall–Kier alpha value is -2.61. The number of benzene rings is 2. The summed E-state index contributed by atoms with van der Waals surface area (Å²) in [5.74, 6) is -2.86. The van der Waals surface area contributed by atoms with Crippen LogP contribution in [0.4, 0.5) is 23.2 Å². The third-order valence-electron chi connectivity index (χ3n) is 3.38. The predicted molar refractivity (Wildman–Crippen MR) is 88.2 cm³/mol. The molecule has 0 aromatic heterocycles. The topological polar surface area (TPSA) is 58.2 Å². The highest BCUT2D eigenvalue weighted by atomic mass is 35.5. The van der Waals surface area contributed by atoms with Crippen LogP contribution in [0.2, 0.25) is 5.02 Å². The summed E-state index contributed by atoms with van der Waals surface area (Å²) >= 11 is 5.54. The highest BCUT2D eigenvalue weighted by molar-refractivity contribution is 6.39. The first-order valence-corrected chi connectivity index (χ1v) is 7.75. The molecule has 26 heavy (non-hydrogen) atoms.